The molecule has 0 radical (unpaired) electrons. The highest BCUT2D eigenvalue weighted by atomic mass is 32.2. The number of rotatable bonds is 7. The Balaban J connectivity index is 0.000000153. The van der Waals surface area contributed by atoms with E-state index in [0.29, 0.717) is 30.1 Å². The summed E-state index contributed by atoms with van der Waals surface area (Å²) < 4.78 is 31.2. The number of morpholine rings is 2. The molecule has 2 aliphatic heterocycles. The Hall–Kier alpha value is -5.77. The summed E-state index contributed by atoms with van der Waals surface area (Å²) >= 11 is 0. The van der Waals surface area contributed by atoms with E-state index in [2.05, 4.69) is 72.2 Å². The van der Waals surface area contributed by atoms with Gasteiger partial charge in [-0.05, 0) is 97.8 Å². The number of anilines is 2. The highest BCUT2D eigenvalue weighted by Crippen LogP contribution is 2.45. The first-order valence-electron chi connectivity index (χ1n) is 19.4. The number of H-pyrrole nitrogens is 2. The van der Waals surface area contributed by atoms with Crippen molar-refractivity contribution in [2.45, 2.75) is 49.6 Å². The third-order valence-electron chi connectivity index (χ3n) is 10.9. The fourth-order valence-corrected chi connectivity index (χ4v) is 8.42. The van der Waals surface area contributed by atoms with Crippen LogP contribution in [-0.4, -0.2) is 102 Å². The number of nitrogens with zero attached hydrogens (tertiary/aromatic N) is 8. The summed E-state index contributed by atoms with van der Waals surface area (Å²) in [6.45, 7) is 8.77. The second-order valence-corrected chi connectivity index (χ2v) is 17.2. The van der Waals surface area contributed by atoms with E-state index < -0.39 is 9.73 Å². The van der Waals surface area contributed by atoms with Gasteiger partial charge in [-0.15, -0.1) is 0 Å². The highest BCUT2D eigenvalue weighted by Gasteiger charge is 2.30. The lowest BCUT2D eigenvalue weighted by molar-refractivity contribution is 0.0985. The molecule has 292 valence electrons. The van der Waals surface area contributed by atoms with E-state index in [1.54, 1.807) is 24.5 Å². The van der Waals surface area contributed by atoms with Crippen molar-refractivity contribution in [1.29, 1.82) is 4.78 Å². The van der Waals surface area contributed by atoms with Crippen molar-refractivity contribution in [2.75, 3.05) is 55.6 Å². The number of aromatic nitrogens is 8. The minimum absolute atomic E-state index is 0.198. The largest absolute Gasteiger partial charge is 0.377 e. The topological polar surface area (TPSA) is 175 Å². The molecule has 1 aromatic carbocycles. The molecule has 1 unspecified atom stereocenters. The lowest BCUT2D eigenvalue weighted by atomic mass is 10.00. The summed E-state index contributed by atoms with van der Waals surface area (Å²) in [5, 5.41) is 16.5. The van der Waals surface area contributed by atoms with Gasteiger partial charge in [0.25, 0.3) is 0 Å². The van der Waals surface area contributed by atoms with E-state index in [4.69, 9.17) is 24.2 Å². The molecular weight excluding hydrogens is 739 g/mol. The minimum Gasteiger partial charge on any atom is -0.377 e. The molecule has 1 saturated carbocycles. The fourth-order valence-electron chi connectivity index (χ4n) is 7.76. The molecule has 3 N–H and O–H groups in total. The quantitative estimate of drug-likeness (QED) is 0.151. The summed E-state index contributed by atoms with van der Waals surface area (Å²) in [5.74, 6) is 2.55. The lowest BCUT2D eigenvalue weighted by Crippen LogP contribution is -2.44. The Labute approximate surface area is 331 Å². The maximum atomic E-state index is 12.1. The van der Waals surface area contributed by atoms with Crippen LogP contribution in [0.5, 0.6) is 0 Å². The summed E-state index contributed by atoms with van der Waals surface area (Å²) in [5.41, 5.74) is 8.34. The second-order valence-electron chi connectivity index (χ2n) is 15.0. The third kappa shape index (κ3) is 7.45. The number of aromatic amines is 2. The van der Waals surface area contributed by atoms with Crippen LogP contribution in [0.1, 0.15) is 38.2 Å². The van der Waals surface area contributed by atoms with Gasteiger partial charge in [0.15, 0.2) is 0 Å². The number of fused-ring (bicyclic) bond motifs is 2. The van der Waals surface area contributed by atoms with Crippen LogP contribution in [0.2, 0.25) is 0 Å². The first-order valence-corrected chi connectivity index (χ1v) is 21.3. The Morgan fingerprint density at radius 3 is 2.04 bits per heavy atom. The monoisotopic (exact) mass is 783 g/mol. The third-order valence-corrected chi connectivity index (χ3v) is 12.1. The van der Waals surface area contributed by atoms with Gasteiger partial charge in [-0.1, -0.05) is 12.1 Å². The number of nitrogens with one attached hydrogen (secondary N) is 3. The van der Waals surface area contributed by atoms with Crippen molar-refractivity contribution in [3.8, 4) is 33.9 Å². The van der Waals surface area contributed by atoms with Gasteiger partial charge in [0.05, 0.1) is 53.9 Å². The molecule has 3 fully saturated rings. The Bertz CT molecular complexity index is 2630. The summed E-state index contributed by atoms with van der Waals surface area (Å²) in [7, 11) is -2.77. The van der Waals surface area contributed by atoms with Gasteiger partial charge in [-0.25, -0.2) is 19.0 Å². The SMILES string of the molecule is C[C@@H]1COCCN1c1cc(-c2ccc(S(C)(=N)=O)cc2)c2ccnc(-c3ccn[nH]3)c2n1.C[C@@H]1COCCN1c1cc(C2CC2)c2ccnc(-c3cc[nH]n3)c2n1. The molecular formula is C42H45N11O3S. The molecule has 10 rings (SSSR count). The summed E-state index contributed by atoms with van der Waals surface area (Å²) in [6, 6.07) is 20.2. The van der Waals surface area contributed by atoms with E-state index in [0.717, 1.165) is 88.3 Å². The van der Waals surface area contributed by atoms with Gasteiger partial charge < -0.3 is 19.3 Å². The van der Waals surface area contributed by atoms with Crippen LogP contribution in [0.3, 0.4) is 0 Å². The number of ether oxygens (including phenoxy) is 2. The molecule has 7 aromatic rings. The molecule has 0 bridgehead atoms. The van der Waals surface area contributed by atoms with E-state index in [1.165, 1.54) is 30.0 Å². The molecule has 15 heteroatoms. The van der Waals surface area contributed by atoms with Crippen LogP contribution in [0.25, 0.3) is 55.7 Å². The smallest absolute Gasteiger partial charge is 0.130 e. The van der Waals surface area contributed by atoms with E-state index >= 15 is 0 Å². The molecule has 6 aromatic heterocycles. The van der Waals surface area contributed by atoms with Gasteiger partial charge in [0.1, 0.15) is 39.8 Å². The minimum atomic E-state index is -2.77. The molecule has 57 heavy (non-hydrogen) atoms. The van der Waals surface area contributed by atoms with E-state index in [9.17, 15) is 4.21 Å². The molecule has 3 atom stereocenters. The van der Waals surface area contributed by atoms with Crippen LogP contribution < -0.4 is 9.80 Å². The van der Waals surface area contributed by atoms with Crippen LogP contribution in [0.4, 0.5) is 11.6 Å². The van der Waals surface area contributed by atoms with Gasteiger partial charge in [0, 0.05) is 59.8 Å². The van der Waals surface area contributed by atoms with Crippen LogP contribution >= 0.6 is 0 Å². The van der Waals surface area contributed by atoms with Gasteiger partial charge in [0.2, 0.25) is 0 Å². The van der Waals surface area contributed by atoms with Crippen LogP contribution in [0, 0.1) is 4.78 Å². The first kappa shape index (κ1) is 36.8. The predicted molar refractivity (Wildman–Crippen MR) is 222 cm³/mol. The van der Waals surface area contributed by atoms with Gasteiger partial charge in [-0.3, -0.25) is 20.2 Å². The number of benzene rings is 1. The average Bonchev–Trinajstić information content (AvgIpc) is 3.64. The van der Waals surface area contributed by atoms with E-state index in [1.807, 2.05) is 42.7 Å². The predicted octanol–water partition coefficient (Wildman–Crippen LogP) is 7.07. The van der Waals surface area contributed by atoms with Crippen molar-refractivity contribution < 1.29 is 13.7 Å². The normalized spacial score (nSPS) is 19.6. The van der Waals surface area contributed by atoms with Crippen molar-refractivity contribution >= 4 is 43.2 Å². The van der Waals surface area contributed by atoms with Crippen molar-refractivity contribution in [1.82, 2.24) is 40.3 Å². The summed E-state index contributed by atoms with van der Waals surface area (Å²) in [4.78, 5) is 24.4. The number of hydrogen-bond acceptors (Lipinski definition) is 12. The lowest BCUT2D eigenvalue weighted by Gasteiger charge is -2.34. The van der Waals surface area contributed by atoms with Crippen LogP contribution in [-0.2, 0) is 19.2 Å². The Kier molecular flexibility index (Phi) is 9.88. The average molecular weight is 784 g/mol. The molecule has 1 aliphatic carbocycles. The van der Waals surface area contributed by atoms with Crippen LogP contribution in [0.15, 0.2) is 90.3 Å². The molecule has 2 saturated heterocycles. The maximum Gasteiger partial charge on any atom is 0.130 e. The van der Waals surface area contributed by atoms with Gasteiger partial charge >= 0.3 is 0 Å². The van der Waals surface area contributed by atoms with Gasteiger partial charge in [-0.2, -0.15) is 10.2 Å². The standard InChI is InChI=1S/C23H24N6O2S.C19H21N5O/c1-15-14-31-12-11-29(15)21-13-19(16-3-5-17(6-4-16)32(2,24)30)18-7-9-25-23(22(18)27-21)20-8-10-26-28-20;1-12-11-25-9-8-24(12)17-10-15(13-2-3-13)14-4-6-20-19(18(14)22-17)16-5-7-21-23-16/h3-10,13,15,24H,11-12,14H2,1-2H3,(H,26,28);4-7,10,12-13H,2-3,8-9,11H2,1H3,(H,21,23)/t15-,32?;12-/m11/s1. The number of hydrogen-bond donors (Lipinski definition) is 3. The van der Waals surface area contributed by atoms with Crippen molar-refractivity contribution in [3.63, 3.8) is 0 Å². The summed E-state index contributed by atoms with van der Waals surface area (Å²) in [6.07, 6.45) is 11.1. The van der Waals surface area contributed by atoms with E-state index in [-0.39, 0.29) is 6.04 Å². The van der Waals surface area contributed by atoms with Crippen molar-refractivity contribution in [2.24, 2.45) is 0 Å². The molecule has 8 heterocycles. The highest BCUT2D eigenvalue weighted by molar-refractivity contribution is 7.91. The Morgan fingerprint density at radius 1 is 0.789 bits per heavy atom. The molecule has 0 spiro atoms. The molecule has 3 aliphatic rings. The zero-order valence-electron chi connectivity index (χ0n) is 32.2. The maximum absolute atomic E-state index is 12.1. The fraction of sp³-hybridized carbons (Fsp3) is 0.333. The second kappa shape index (κ2) is 15.3. The Morgan fingerprint density at radius 2 is 1.44 bits per heavy atom. The van der Waals surface area contributed by atoms with Crippen molar-refractivity contribution in [3.05, 3.63) is 91.0 Å². The number of pyridine rings is 4. The molecule has 0 amide bonds. The zero-order valence-corrected chi connectivity index (χ0v) is 33.0. The zero-order chi connectivity index (χ0) is 39.1. The molecule has 14 nitrogen and oxygen atoms in total. The first-order chi connectivity index (χ1) is 27.7.